The van der Waals surface area contributed by atoms with Gasteiger partial charge in [0.2, 0.25) is 0 Å². The zero-order chi connectivity index (χ0) is 9.26. The van der Waals surface area contributed by atoms with Crippen molar-refractivity contribution in [2.24, 2.45) is 5.92 Å². The Balaban J connectivity index is 1.69. The second kappa shape index (κ2) is 3.97. The second-order valence-electron chi connectivity index (χ2n) is 4.85. The third kappa shape index (κ3) is 2.68. The third-order valence-electron chi connectivity index (χ3n) is 3.36. The van der Waals surface area contributed by atoms with Crippen LogP contribution in [0, 0.1) is 5.92 Å². The van der Waals surface area contributed by atoms with E-state index in [1.54, 1.807) is 0 Å². The van der Waals surface area contributed by atoms with Gasteiger partial charge in [-0.3, -0.25) is 0 Å². The van der Waals surface area contributed by atoms with Crippen LogP contribution in [0.15, 0.2) is 0 Å². The Morgan fingerprint density at radius 3 is 2.62 bits per heavy atom. The van der Waals surface area contributed by atoms with Crippen LogP contribution < -0.4 is 5.32 Å². The van der Waals surface area contributed by atoms with Gasteiger partial charge in [0.1, 0.15) is 0 Å². The van der Waals surface area contributed by atoms with Crippen LogP contribution >= 0.6 is 0 Å². The minimum atomic E-state index is -0.0818. The number of rotatable bonds is 4. The average molecular weight is 183 g/mol. The van der Waals surface area contributed by atoms with Crippen LogP contribution in [-0.4, -0.2) is 23.3 Å². The lowest BCUT2D eigenvalue weighted by Gasteiger charge is -2.21. The van der Waals surface area contributed by atoms with E-state index in [1.165, 1.54) is 25.7 Å². The second-order valence-corrected chi connectivity index (χ2v) is 4.85. The first-order valence-corrected chi connectivity index (χ1v) is 5.70. The molecule has 2 rings (SSSR count). The van der Waals surface area contributed by atoms with Gasteiger partial charge in [0.15, 0.2) is 0 Å². The number of hydrogen-bond donors (Lipinski definition) is 2. The zero-order valence-electron chi connectivity index (χ0n) is 8.50. The smallest absolute Gasteiger partial charge is 0.0693 e. The van der Waals surface area contributed by atoms with Gasteiger partial charge >= 0.3 is 0 Å². The Hall–Kier alpha value is -0.0800. The summed E-state index contributed by atoms with van der Waals surface area (Å²) in [4.78, 5) is 0. The lowest BCUT2D eigenvalue weighted by atomic mass is 10.1. The van der Waals surface area contributed by atoms with Crippen molar-refractivity contribution < 1.29 is 5.11 Å². The highest BCUT2D eigenvalue weighted by atomic mass is 16.3. The third-order valence-corrected chi connectivity index (χ3v) is 3.36. The molecule has 0 aromatic carbocycles. The molecule has 0 aromatic rings. The van der Waals surface area contributed by atoms with Crippen molar-refractivity contribution in [1.82, 2.24) is 5.32 Å². The van der Waals surface area contributed by atoms with Gasteiger partial charge in [-0.2, -0.15) is 0 Å². The van der Waals surface area contributed by atoms with Gasteiger partial charge in [-0.25, -0.2) is 0 Å². The zero-order valence-corrected chi connectivity index (χ0v) is 8.50. The van der Waals surface area contributed by atoms with Gasteiger partial charge in [-0.15, -0.1) is 0 Å². The molecule has 2 saturated carbocycles. The molecule has 0 spiro atoms. The maximum absolute atomic E-state index is 9.63. The monoisotopic (exact) mass is 183 g/mol. The molecule has 0 aliphatic heterocycles. The van der Waals surface area contributed by atoms with Gasteiger partial charge in [-0.05, 0) is 38.5 Å². The van der Waals surface area contributed by atoms with Crippen molar-refractivity contribution in [3.8, 4) is 0 Å². The molecule has 0 amide bonds. The predicted octanol–water partition coefficient (Wildman–Crippen LogP) is 1.68. The van der Waals surface area contributed by atoms with Gasteiger partial charge < -0.3 is 10.4 Å². The fourth-order valence-electron chi connectivity index (χ4n) is 2.42. The minimum absolute atomic E-state index is 0.0818. The number of aliphatic hydroxyl groups is 1. The van der Waals surface area contributed by atoms with E-state index >= 15 is 0 Å². The molecule has 2 aliphatic rings. The van der Waals surface area contributed by atoms with Crippen LogP contribution in [0.25, 0.3) is 0 Å². The summed E-state index contributed by atoms with van der Waals surface area (Å²) in [5.74, 6) is 0.987. The highest BCUT2D eigenvalue weighted by Crippen LogP contribution is 2.33. The lowest BCUT2D eigenvalue weighted by molar-refractivity contribution is 0.142. The Bertz CT molecular complexity index is 167. The molecule has 2 N–H and O–H groups in total. The SMILES string of the molecule is CC(CC1CC1)NC1CCCC1O. The molecule has 0 heterocycles. The van der Waals surface area contributed by atoms with Gasteiger partial charge in [0, 0.05) is 12.1 Å². The van der Waals surface area contributed by atoms with Crippen molar-refractivity contribution in [1.29, 1.82) is 0 Å². The first-order chi connectivity index (χ1) is 6.25. The summed E-state index contributed by atoms with van der Waals surface area (Å²) >= 11 is 0. The highest BCUT2D eigenvalue weighted by molar-refractivity contribution is 4.86. The van der Waals surface area contributed by atoms with Crippen LogP contribution in [0.5, 0.6) is 0 Å². The van der Waals surface area contributed by atoms with Crippen molar-refractivity contribution in [3.63, 3.8) is 0 Å². The fraction of sp³-hybridized carbons (Fsp3) is 1.00. The van der Waals surface area contributed by atoms with Crippen molar-refractivity contribution in [2.75, 3.05) is 0 Å². The maximum atomic E-state index is 9.63. The number of hydrogen-bond acceptors (Lipinski definition) is 2. The Kier molecular flexibility index (Phi) is 2.89. The average Bonchev–Trinajstić information content (AvgIpc) is 2.79. The molecule has 3 unspecified atom stereocenters. The Labute approximate surface area is 80.7 Å². The standard InChI is InChI=1S/C11H21NO/c1-8(7-9-5-6-9)12-10-3-2-4-11(10)13/h8-13H,2-7H2,1H3. The van der Waals surface area contributed by atoms with Crippen LogP contribution in [0.4, 0.5) is 0 Å². The molecule has 2 fully saturated rings. The van der Waals surface area contributed by atoms with Gasteiger partial charge in [0.05, 0.1) is 6.10 Å². The molecule has 0 bridgehead atoms. The normalized spacial score (nSPS) is 36.5. The van der Waals surface area contributed by atoms with E-state index in [4.69, 9.17) is 0 Å². The van der Waals surface area contributed by atoms with Crippen LogP contribution in [0.3, 0.4) is 0 Å². The van der Waals surface area contributed by atoms with E-state index < -0.39 is 0 Å². The summed E-state index contributed by atoms with van der Waals surface area (Å²) < 4.78 is 0. The summed E-state index contributed by atoms with van der Waals surface area (Å²) in [5, 5.41) is 13.2. The molecular formula is C11H21NO. The molecular weight excluding hydrogens is 162 g/mol. The van der Waals surface area contributed by atoms with Gasteiger partial charge in [-0.1, -0.05) is 12.8 Å². The van der Waals surface area contributed by atoms with Crippen molar-refractivity contribution in [2.45, 2.75) is 63.6 Å². The largest absolute Gasteiger partial charge is 0.392 e. The number of aliphatic hydroxyl groups excluding tert-OH is 1. The van der Waals surface area contributed by atoms with E-state index in [0.717, 1.165) is 18.8 Å². The fourth-order valence-corrected chi connectivity index (χ4v) is 2.42. The molecule has 0 aromatic heterocycles. The van der Waals surface area contributed by atoms with E-state index in [0.29, 0.717) is 12.1 Å². The van der Waals surface area contributed by atoms with E-state index in [1.807, 2.05) is 0 Å². The molecule has 2 nitrogen and oxygen atoms in total. The summed E-state index contributed by atoms with van der Waals surface area (Å²) in [6.07, 6.45) is 7.43. The first-order valence-electron chi connectivity index (χ1n) is 5.70. The molecule has 2 heteroatoms. The number of nitrogens with one attached hydrogen (secondary N) is 1. The van der Waals surface area contributed by atoms with Crippen LogP contribution in [-0.2, 0) is 0 Å². The van der Waals surface area contributed by atoms with Crippen molar-refractivity contribution in [3.05, 3.63) is 0 Å². The minimum Gasteiger partial charge on any atom is -0.392 e. The highest BCUT2D eigenvalue weighted by Gasteiger charge is 2.28. The van der Waals surface area contributed by atoms with Crippen molar-refractivity contribution >= 4 is 0 Å². The molecule has 0 saturated heterocycles. The van der Waals surface area contributed by atoms with Crippen LogP contribution in [0.2, 0.25) is 0 Å². The Morgan fingerprint density at radius 1 is 1.31 bits per heavy atom. The van der Waals surface area contributed by atoms with E-state index in [-0.39, 0.29) is 6.10 Å². The van der Waals surface area contributed by atoms with Crippen LogP contribution in [0.1, 0.15) is 45.4 Å². The Morgan fingerprint density at radius 2 is 2.08 bits per heavy atom. The summed E-state index contributed by atoms with van der Waals surface area (Å²) in [5.41, 5.74) is 0. The van der Waals surface area contributed by atoms with E-state index in [2.05, 4.69) is 12.2 Å². The quantitative estimate of drug-likeness (QED) is 0.695. The molecule has 3 atom stereocenters. The molecule has 2 aliphatic carbocycles. The summed E-state index contributed by atoms with van der Waals surface area (Å²) in [7, 11) is 0. The molecule has 0 radical (unpaired) electrons. The van der Waals surface area contributed by atoms with Gasteiger partial charge in [0.25, 0.3) is 0 Å². The summed E-state index contributed by atoms with van der Waals surface area (Å²) in [6.45, 7) is 2.25. The maximum Gasteiger partial charge on any atom is 0.0693 e. The first kappa shape index (κ1) is 9.47. The lowest BCUT2D eigenvalue weighted by Crippen LogP contribution is -2.41. The summed E-state index contributed by atoms with van der Waals surface area (Å²) in [6, 6.07) is 0.985. The predicted molar refractivity (Wildman–Crippen MR) is 53.6 cm³/mol. The molecule has 76 valence electrons. The van der Waals surface area contributed by atoms with E-state index in [9.17, 15) is 5.11 Å². The molecule has 13 heavy (non-hydrogen) atoms. The topological polar surface area (TPSA) is 32.3 Å².